The van der Waals surface area contributed by atoms with Gasteiger partial charge in [-0.15, -0.1) is 0 Å². The summed E-state index contributed by atoms with van der Waals surface area (Å²) in [5.74, 6) is 1.70. The Morgan fingerprint density at radius 1 is 1.39 bits per heavy atom. The highest BCUT2D eigenvalue weighted by Gasteiger charge is 2.22. The van der Waals surface area contributed by atoms with E-state index in [4.69, 9.17) is 16.3 Å². The van der Waals surface area contributed by atoms with Crippen molar-refractivity contribution in [2.75, 3.05) is 14.2 Å². The minimum atomic E-state index is 0.675. The van der Waals surface area contributed by atoms with Crippen molar-refractivity contribution >= 4 is 11.6 Å². The topological polar surface area (TPSA) is 21.3 Å². The molecule has 1 aliphatic carbocycles. The first-order valence-electron chi connectivity index (χ1n) is 6.72. The molecule has 1 aliphatic rings. The van der Waals surface area contributed by atoms with Gasteiger partial charge >= 0.3 is 0 Å². The third kappa shape index (κ3) is 3.39. The molecule has 2 rings (SSSR count). The Labute approximate surface area is 115 Å². The van der Waals surface area contributed by atoms with Crippen molar-refractivity contribution in [1.29, 1.82) is 0 Å². The summed E-state index contributed by atoms with van der Waals surface area (Å²) in [6.45, 7) is 0. The number of methoxy groups -OCH3 is 1. The van der Waals surface area contributed by atoms with E-state index >= 15 is 0 Å². The molecule has 1 aromatic rings. The van der Waals surface area contributed by atoms with Crippen LogP contribution >= 0.6 is 11.6 Å². The highest BCUT2D eigenvalue weighted by molar-refractivity contribution is 6.30. The maximum absolute atomic E-state index is 6.08. The third-order valence-corrected chi connectivity index (χ3v) is 4.18. The molecule has 3 heteroatoms. The molecule has 0 spiro atoms. The summed E-state index contributed by atoms with van der Waals surface area (Å²) in [4.78, 5) is 0. The monoisotopic (exact) mass is 267 g/mol. The zero-order valence-corrected chi connectivity index (χ0v) is 12.0. The molecule has 18 heavy (non-hydrogen) atoms. The van der Waals surface area contributed by atoms with Crippen molar-refractivity contribution in [3.8, 4) is 5.75 Å². The summed E-state index contributed by atoms with van der Waals surface area (Å²) in [6, 6.07) is 6.58. The molecule has 0 amide bonds. The molecular formula is C15H22ClNO. The minimum Gasteiger partial charge on any atom is -0.496 e. The third-order valence-electron chi connectivity index (χ3n) is 3.94. The van der Waals surface area contributed by atoms with Crippen LogP contribution < -0.4 is 10.1 Å². The van der Waals surface area contributed by atoms with Crippen LogP contribution in [0.4, 0.5) is 0 Å². The van der Waals surface area contributed by atoms with Crippen LogP contribution in [0, 0.1) is 5.92 Å². The zero-order chi connectivity index (χ0) is 13.0. The van der Waals surface area contributed by atoms with Gasteiger partial charge in [0.25, 0.3) is 0 Å². The normalized spacial score (nSPS) is 23.9. The second-order valence-corrected chi connectivity index (χ2v) is 5.61. The Hall–Kier alpha value is -0.730. The van der Waals surface area contributed by atoms with Gasteiger partial charge in [-0.2, -0.15) is 0 Å². The van der Waals surface area contributed by atoms with Crippen LogP contribution in [0.3, 0.4) is 0 Å². The van der Waals surface area contributed by atoms with Crippen LogP contribution in [0.1, 0.15) is 31.2 Å². The summed E-state index contributed by atoms with van der Waals surface area (Å²) in [5, 5.41) is 4.20. The van der Waals surface area contributed by atoms with E-state index in [0.29, 0.717) is 6.04 Å². The number of ether oxygens (including phenoxy) is 1. The van der Waals surface area contributed by atoms with Crippen molar-refractivity contribution < 1.29 is 4.74 Å². The van der Waals surface area contributed by atoms with Gasteiger partial charge in [-0.1, -0.05) is 24.4 Å². The van der Waals surface area contributed by atoms with Crippen LogP contribution in [0.15, 0.2) is 18.2 Å². The predicted molar refractivity (Wildman–Crippen MR) is 76.5 cm³/mol. The Bertz CT molecular complexity index is 394. The van der Waals surface area contributed by atoms with Crippen molar-refractivity contribution in [2.45, 2.75) is 38.1 Å². The van der Waals surface area contributed by atoms with Crippen LogP contribution in [0.5, 0.6) is 5.75 Å². The lowest BCUT2D eigenvalue weighted by molar-refractivity contribution is 0.291. The molecule has 1 N–H and O–H groups in total. The van der Waals surface area contributed by atoms with E-state index in [1.807, 2.05) is 18.2 Å². The summed E-state index contributed by atoms with van der Waals surface area (Å²) in [6.07, 6.45) is 6.26. The number of hydrogen-bond acceptors (Lipinski definition) is 2. The van der Waals surface area contributed by atoms with E-state index in [0.717, 1.165) is 23.1 Å². The molecule has 1 fully saturated rings. The standard InChI is InChI=1S/C15H22ClNO/c1-17-14-5-3-4-11(9-14)8-12-10-13(16)6-7-15(12)18-2/h6-7,10-11,14,17H,3-5,8-9H2,1-2H3. The molecule has 100 valence electrons. The fourth-order valence-electron chi connectivity index (χ4n) is 2.96. The first-order chi connectivity index (χ1) is 8.72. The average molecular weight is 268 g/mol. The van der Waals surface area contributed by atoms with Gasteiger partial charge in [-0.05, 0) is 56.0 Å². The van der Waals surface area contributed by atoms with E-state index in [2.05, 4.69) is 12.4 Å². The van der Waals surface area contributed by atoms with Crippen molar-refractivity contribution in [2.24, 2.45) is 5.92 Å². The number of benzene rings is 1. The lowest BCUT2D eigenvalue weighted by atomic mass is 9.82. The lowest BCUT2D eigenvalue weighted by Gasteiger charge is -2.29. The van der Waals surface area contributed by atoms with E-state index in [-0.39, 0.29) is 0 Å². The zero-order valence-electron chi connectivity index (χ0n) is 11.2. The smallest absolute Gasteiger partial charge is 0.122 e. The van der Waals surface area contributed by atoms with Crippen LogP contribution in [-0.4, -0.2) is 20.2 Å². The average Bonchev–Trinajstić information content (AvgIpc) is 2.39. The van der Waals surface area contributed by atoms with Gasteiger partial charge in [0.2, 0.25) is 0 Å². The first kappa shape index (κ1) is 13.7. The summed E-state index contributed by atoms with van der Waals surface area (Å²) in [5.41, 5.74) is 1.24. The van der Waals surface area contributed by atoms with Crippen molar-refractivity contribution in [3.05, 3.63) is 28.8 Å². The van der Waals surface area contributed by atoms with Gasteiger partial charge in [0.15, 0.2) is 0 Å². The van der Waals surface area contributed by atoms with Crippen molar-refractivity contribution in [1.82, 2.24) is 5.32 Å². The summed E-state index contributed by atoms with van der Waals surface area (Å²) < 4.78 is 5.42. The van der Waals surface area contributed by atoms with Gasteiger partial charge in [0.05, 0.1) is 7.11 Å². The molecule has 0 bridgehead atoms. The van der Waals surface area contributed by atoms with Gasteiger partial charge in [-0.25, -0.2) is 0 Å². The molecule has 0 radical (unpaired) electrons. The predicted octanol–water partition coefficient (Wildman–Crippen LogP) is 3.67. The summed E-state index contributed by atoms with van der Waals surface area (Å²) in [7, 11) is 3.79. The lowest BCUT2D eigenvalue weighted by Crippen LogP contribution is -2.32. The molecule has 1 saturated carbocycles. The molecule has 1 aromatic carbocycles. The van der Waals surface area contributed by atoms with Crippen LogP contribution in [-0.2, 0) is 6.42 Å². The molecule has 2 nitrogen and oxygen atoms in total. The molecular weight excluding hydrogens is 246 g/mol. The fourth-order valence-corrected chi connectivity index (χ4v) is 3.15. The van der Waals surface area contributed by atoms with E-state index in [1.54, 1.807) is 7.11 Å². The largest absolute Gasteiger partial charge is 0.496 e. The molecule has 0 heterocycles. The van der Waals surface area contributed by atoms with Gasteiger partial charge < -0.3 is 10.1 Å². The number of rotatable bonds is 4. The highest BCUT2D eigenvalue weighted by atomic mass is 35.5. The van der Waals surface area contributed by atoms with Crippen LogP contribution in [0.2, 0.25) is 5.02 Å². The van der Waals surface area contributed by atoms with E-state index in [1.165, 1.54) is 31.2 Å². The molecule has 0 aromatic heterocycles. The number of nitrogens with one attached hydrogen (secondary N) is 1. The Morgan fingerprint density at radius 3 is 2.94 bits per heavy atom. The first-order valence-corrected chi connectivity index (χ1v) is 7.10. The molecule has 2 atom stereocenters. The highest BCUT2D eigenvalue weighted by Crippen LogP contribution is 2.31. The molecule has 0 saturated heterocycles. The number of halogens is 1. The second kappa shape index (κ2) is 6.44. The van der Waals surface area contributed by atoms with Gasteiger partial charge in [-0.3, -0.25) is 0 Å². The molecule has 0 aliphatic heterocycles. The van der Waals surface area contributed by atoms with Gasteiger partial charge in [0.1, 0.15) is 5.75 Å². The van der Waals surface area contributed by atoms with E-state index < -0.39 is 0 Å². The fraction of sp³-hybridized carbons (Fsp3) is 0.600. The quantitative estimate of drug-likeness (QED) is 0.899. The Morgan fingerprint density at radius 2 is 2.22 bits per heavy atom. The summed E-state index contributed by atoms with van der Waals surface area (Å²) >= 11 is 6.08. The Kier molecular flexibility index (Phi) is 4.90. The van der Waals surface area contributed by atoms with Crippen molar-refractivity contribution in [3.63, 3.8) is 0 Å². The SMILES string of the molecule is CNC1CCCC(Cc2cc(Cl)ccc2OC)C1. The Balaban J connectivity index is 2.06. The van der Waals surface area contributed by atoms with Crippen LogP contribution in [0.25, 0.3) is 0 Å². The second-order valence-electron chi connectivity index (χ2n) is 5.18. The number of hydrogen-bond donors (Lipinski definition) is 1. The maximum atomic E-state index is 6.08. The van der Waals surface area contributed by atoms with Gasteiger partial charge in [0, 0.05) is 11.1 Å². The minimum absolute atomic E-state index is 0.675. The maximum Gasteiger partial charge on any atom is 0.122 e. The van der Waals surface area contributed by atoms with E-state index in [9.17, 15) is 0 Å². The molecule has 2 unspecified atom stereocenters.